The molecule has 0 aliphatic carbocycles. The molecular formula is C7H11F2NS. The fourth-order valence-electron chi connectivity index (χ4n) is 1.73. The first-order valence-corrected chi connectivity index (χ1v) is 5.03. The van der Waals surface area contributed by atoms with Crippen molar-refractivity contribution >= 4 is 11.8 Å². The van der Waals surface area contributed by atoms with Gasteiger partial charge in [-0.15, -0.1) is 0 Å². The Kier molecular flexibility index (Phi) is 1.84. The minimum atomic E-state index is -2.39. The summed E-state index contributed by atoms with van der Waals surface area (Å²) in [6, 6.07) is 0. The molecule has 1 N–H and O–H groups in total. The van der Waals surface area contributed by atoms with Crippen LogP contribution in [0.3, 0.4) is 0 Å². The van der Waals surface area contributed by atoms with Gasteiger partial charge in [-0.25, -0.2) is 8.78 Å². The molecule has 2 atom stereocenters. The maximum absolute atomic E-state index is 13.3. The molecule has 4 heteroatoms. The Morgan fingerprint density at radius 1 is 1.18 bits per heavy atom. The summed E-state index contributed by atoms with van der Waals surface area (Å²) in [7, 11) is 0. The number of piperidine rings is 1. The average Bonchev–Trinajstić information content (AvgIpc) is 1.82. The van der Waals surface area contributed by atoms with Crippen LogP contribution in [0.2, 0.25) is 0 Å². The maximum Gasteiger partial charge on any atom is 0.257 e. The third-order valence-electron chi connectivity index (χ3n) is 2.51. The second-order valence-electron chi connectivity index (χ2n) is 3.26. The second-order valence-corrected chi connectivity index (χ2v) is 4.34. The minimum Gasteiger partial charge on any atom is -0.316 e. The van der Waals surface area contributed by atoms with Gasteiger partial charge in [0.2, 0.25) is 0 Å². The van der Waals surface area contributed by atoms with E-state index in [9.17, 15) is 8.78 Å². The van der Waals surface area contributed by atoms with Crippen LogP contribution in [0.4, 0.5) is 8.78 Å². The number of hydrogen-bond donors (Lipinski definition) is 1. The van der Waals surface area contributed by atoms with Crippen molar-refractivity contribution in [2.24, 2.45) is 11.8 Å². The predicted octanol–water partition coefficient (Wildman–Crippen LogP) is 1.20. The van der Waals surface area contributed by atoms with E-state index in [1.807, 2.05) is 0 Å². The van der Waals surface area contributed by atoms with E-state index in [4.69, 9.17) is 0 Å². The highest BCUT2D eigenvalue weighted by atomic mass is 32.2. The summed E-state index contributed by atoms with van der Waals surface area (Å²) in [5.74, 6) is -1.98. The third kappa shape index (κ3) is 1.16. The Morgan fingerprint density at radius 3 is 2.18 bits per heavy atom. The van der Waals surface area contributed by atoms with Crippen molar-refractivity contribution < 1.29 is 8.78 Å². The number of thioether (sulfide) groups is 1. The number of rotatable bonds is 0. The molecule has 0 aromatic rings. The fraction of sp³-hybridized carbons (Fsp3) is 1.00. The molecule has 2 heterocycles. The molecule has 2 aliphatic heterocycles. The highest BCUT2D eigenvalue weighted by Gasteiger charge is 2.51. The molecule has 2 aliphatic rings. The normalized spacial score (nSPS) is 42.0. The molecule has 2 fully saturated rings. The summed E-state index contributed by atoms with van der Waals surface area (Å²) in [6.07, 6.45) is 0. The lowest BCUT2D eigenvalue weighted by molar-refractivity contribution is -0.111. The highest BCUT2D eigenvalue weighted by Crippen LogP contribution is 2.42. The van der Waals surface area contributed by atoms with Crippen LogP contribution in [-0.4, -0.2) is 30.5 Å². The second kappa shape index (κ2) is 2.59. The van der Waals surface area contributed by atoms with Gasteiger partial charge < -0.3 is 5.32 Å². The van der Waals surface area contributed by atoms with Crippen LogP contribution in [0.1, 0.15) is 0 Å². The van der Waals surface area contributed by atoms with Gasteiger partial charge in [-0.2, -0.15) is 11.8 Å². The van der Waals surface area contributed by atoms with Crippen LogP contribution in [0, 0.1) is 11.8 Å². The smallest absolute Gasteiger partial charge is 0.257 e. The summed E-state index contributed by atoms with van der Waals surface area (Å²) in [5.41, 5.74) is 0. The van der Waals surface area contributed by atoms with Crippen LogP contribution in [0.5, 0.6) is 0 Å². The van der Waals surface area contributed by atoms with Crippen molar-refractivity contribution in [2.45, 2.75) is 5.92 Å². The summed E-state index contributed by atoms with van der Waals surface area (Å²) < 4.78 is 26.5. The van der Waals surface area contributed by atoms with Crippen molar-refractivity contribution in [1.82, 2.24) is 5.32 Å². The lowest BCUT2D eigenvalue weighted by Gasteiger charge is -2.42. The van der Waals surface area contributed by atoms with E-state index >= 15 is 0 Å². The highest BCUT2D eigenvalue weighted by molar-refractivity contribution is 7.99. The van der Waals surface area contributed by atoms with Gasteiger partial charge in [-0.1, -0.05) is 0 Å². The molecule has 2 rings (SSSR count). The molecule has 0 spiro atoms. The van der Waals surface area contributed by atoms with Crippen molar-refractivity contribution in [2.75, 3.05) is 24.6 Å². The quantitative estimate of drug-likeness (QED) is 0.599. The number of hydrogen-bond acceptors (Lipinski definition) is 2. The van der Waals surface area contributed by atoms with Gasteiger partial charge in [0.15, 0.2) is 0 Å². The topological polar surface area (TPSA) is 12.0 Å². The first-order valence-electron chi connectivity index (χ1n) is 3.87. The van der Waals surface area contributed by atoms with Gasteiger partial charge in [0.1, 0.15) is 0 Å². The van der Waals surface area contributed by atoms with Crippen molar-refractivity contribution in [3.63, 3.8) is 0 Å². The predicted molar refractivity (Wildman–Crippen MR) is 42.1 cm³/mol. The Balaban J connectivity index is 2.17. The van der Waals surface area contributed by atoms with E-state index in [2.05, 4.69) is 5.32 Å². The lowest BCUT2D eigenvalue weighted by atomic mass is 9.88. The zero-order valence-corrected chi connectivity index (χ0v) is 6.96. The first-order chi connectivity index (χ1) is 5.21. The van der Waals surface area contributed by atoms with E-state index < -0.39 is 17.8 Å². The number of fused-ring (bicyclic) bond motifs is 2. The van der Waals surface area contributed by atoms with E-state index in [0.717, 1.165) is 0 Å². The molecule has 0 aromatic heterocycles. The molecule has 64 valence electrons. The zero-order valence-electron chi connectivity index (χ0n) is 6.15. The van der Waals surface area contributed by atoms with E-state index in [1.54, 1.807) is 11.8 Å². The van der Waals surface area contributed by atoms with Crippen molar-refractivity contribution in [1.29, 1.82) is 0 Å². The monoisotopic (exact) mass is 179 g/mol. The van der Waals surface area contributed by atoms with Crippen molar-refractivity contribution in [3.05, 3.63) is 0 Å². The molecule has 1 nitrogen and oxygen atoms in total. The van der Waals surface area contributed by atoms with Crippen LogP contribution in [0.15, 0.2) is 0 Å². The van der Waals surface area contributed by atoms with Crippen molar-refractivity contribution in [3.8, 4) is 0 Å². The van der Waals surface area contributed by atoms with Gasteiger partial charge in [0, 0.05) is 36.4 Å². The zero-order chi connectivity index (χ0) is 7.90. The van der Waals surface area contributed by atoms with E-state index in [1.165, 1.54) is 0 Å². The Labute approximate surface area is 68.9 Å². The molecule has 2 unspecified atom stereocenters. The third-order valence-corrected chi connectivity index (χ3v) is 3.78. The average molecular weight is 179 g/mol. The SMILES string of the molecule is FC1(F)C2CNCC1CSC2. The minimum absolute atomic E-state index is 0.417. The Hall–Kier alpha value is 0.170. The first kappa shape index (κ1) is 7.80. The molecular weight excluding hydrogens is 168 g/mol. The molecule has 11 heavy (non-hydrogen) atoms. The number of nitrogens with one attached hydrogen (secondary N) is 1. The van der Waals surface area contributed by atoms with Gasteiger partial charge >= 0.3 is 0 Å². The van der Waals surface area contributed by atoms with E-state index in [0.29, 0.717) is 24.6 Å². The molecule has 0 amide bonds. The van der Waals surface area contributed by atoms with Crippen LogP contribution >= 0.6 is 11.8 Å². The van der Waals surface area contributed by atoms with Crippen LogP contribution < -0.4 is 5.32 Å². The number of halogens is 2. The van der Waals surface area contributed by atoms with Crippen LogP contribution in [0.25, 0.3) is 0 Å². The Bertz CT molecular complexity index is 139. The maximum atomic E-state index is 13.3. The van der Waals surface area contributed by atoms with Gasteiger partial charge in [-0.3, -0.25) is 0 Å². The molecule has 2 bridgehead atoms. The molecule has 0 saturated carbocycles. The fourth-order valence-corrected chi connectivity index (χ4v) is 3.12. The number of alkyl halides is 2. The van der Waals surface area contributed by atoms with E-state index in [-0.39, 0.29) is 0 Å². The molecule has 2 saturated heterocycles. The standard InChI is InChI=1S/C7H11F2NS/c8-7(9)5-1-10-2-6(7)4-11-3-5/h5-6,10H,1-4H2. The van der Waals surface area contributed by atoms with Gasteiger partial charge in [0.05, 0.1) is 0 Å². The summed E-state index contributed by atoms with van der Waals surface area (Å²) >= 11 is 1.67. The van der Waals surface area contributed by atoms with Gasteiger partial charge in [0.25, 0.3) is 5.92 Å². The molecule has 0 aromatic carbocycles. The summed E-state index contributed by atoms with van der Waals surface area (Å²) in [6.45, 7) is 0.993. The largest absolute Gasteiger partial charge is 0.316 e. The summed E-state index contributed by atoms with van der Waals surface area (Å²) in [4.78, 5) is 0. The Morgan fingerprint density at radius 2 is 1.73 bits per heavy atom. The van der Waals surface area contributed by atoms with Crippen LogP contribution in [-0.2, 0) is 0 Å². The summed E-state index contributed by atoms with van der Waals surface area (Å²) in [5, 5.41) is 3.05. The lowest BCUT2D eigenvalue weighted by Crippen LogP contribution is -2.56. The molecule has 0 radical (unpaired) electrons. The van der Waals surface area contributed by atoms with Gasteiger partial charge in [-0.05, 0) is 0 Å².